The molecule has 2 aliphatic rings. The number of carbonyl (C=O) groups is 2. The average molecular weight is 402 g/mol. The highest BCUT2D eigenvalue weighted by Crippen LogP contribution is 2.52. The molecule has 0 aliphatic carbocycles. The Kier molecular flexibility index (Phi) is 4.53. The maximum Gasteiger partial charge on any atom is 0.324 e. The van der Waals surface area contributed by atoms with Gasteiger partial charge in [-0.2, -0.15) is 0 Å². The summed E-state index contributed by atoms with van der Waals surface area (Å²) in [5.74, 6) is -0.198. The number of hydrogen-bond acceptors (Lipinski definition) is 8. The van der Waals surface area contributed by atoms with Gasteiger partial charge in [-0.05, 0) is 45.0 Å². The van der Waals surface area contributed by atoms with Gasteiger partial charge >= 0.3 is 11.9 Å². The van der Waals surface area contributed by atoms with Crippen LogP contribution in [-0.2, 0) is 24.7 Å². The van der Waals surface area contributed by atoms with E-state index in [1.54, 1.807) is 13.8 Å². The van der Waals surface area contributed by atoms with E-state index < -0.39 is 23.0 Å². The van der Waals surface area contributed by atoms with Crippen molar-refractivity contribution in [3.05, 3.63) is 35.3 Å². The molecule has 28 heavy (non-hydrogen) atoms. The summed E-state index contributed by atoms with van der Waals surface area (Å²) in [7, 11) is 0. The third-order valence-corrected chi connectivity index (χ3v) is 5.90. The van der Waals surface area contributed by atoms with E-state index in [9.17, 15) is 9.59 Å². The first-order valence-electron chi connectivity index (χ1n) is 9.25. The Bertz CT molecular complexity index is 912. The molecule has 2 saturated heterocycles. The monoisotopic (exact) mass is 402 g/mol. The molecule has 1 N–H and O–H groups in total. The fourth-order valence-electron chi connectivity index (χ4n) is 3.85. The quantitative estimate of drug-likeness (QED) is 0.602. The van der Waals surface area contributed by atoms with Crippen LogP contribution in [0.1, 0.15) is 39.3 Å². The predicted octanol–water partition coefficient (Wildman–Crippen LogP) is 3.77. The zero-order valence-electron chi connectivity index (χ0n) is 16.0. The summed E-state index contributed by atoms with van der Waals surface area (Å²) >= 11 is 1.42. The van der Waals surface area contributed by atoms with Gasteiger partial charge in [0.15, 0.2) is 16.1 Å². The number of esters is 2. The van der Waals surface area contributed by atoms with Crippen LogP contribution < -0.4 is 10.1 Å². The number of nitrogens with one attached hydrogen (secondary N) is 1. The van der Waals surface area contributed by atoms with E-state index in [2.05, 4.69) is 10.3 Å². The molecule has 148 valence electrons. The molecule has 0 unspecified atom stereocenters. The third-order valence-electron chi connectivity index (χ3n) is 5.15. The van der Waals surface area contributed by atoms with Gasteiger partial charge in [-0.1, -0.05) is 0 Å². The molecule has 2 aromatic rings. The van der Waals surface area contributed by atoms with Gasteiger partial charge in [-0.25, -0.2) is 4.98 Å². The molecule has 4 rings (SSSR count). The van der Waals surface area contributed by atoms with Crippen LogP contribution in [0.5, 0.6) is 5.75 Å². The molecule has 1 spiro atoms. The highest BCUT2D eigenvalue weighted by atomic mass is 32.1. The lowest BCUT2D eigenvalue weighted by Crippen LogP contribution is -2.31. The Morgan fingerprint density at radius 1 is 1.29 bits per heavy atom. The van der Waals surface area contributed by atoms with E-state index in [4.69, 9.17) is 14.2 Å². The average Bonchev–Trinajstić information content (AvgIpc) is 3.29. The fourth-order valence-corrected chi connectivity index (χ4v) is 4.70. The smallest absolute Gasteiger partial charge is 0.324 e. The second-order valence-corrected chi connectivity index (χ2v) is 8.28. The SMILES string of the molecule is CCOc1ccc(Nc2nc([C@@]3(C)C[C@]4(C[C@H](C)OC4=O)C(=O)O3)cs2)cc1. The van der Waals surface area contributed by atoms with Crippen molar-refractivity contribution in [1.82, 2.24) is 4.98 Å². The number of benzene rings is 1. The van der Waals surface area contributed by atoms with Crippen LogP contribution in [0.2, 0.25) is 0 Å². The number of thiazole rings is 1. The molecule has 7 nitrogen and oxygen atoms in total. The number of rotatable bonds is 5. The molecular weight excluding hydrogens is 380 g/mol. The van der Waals surface area contributed by atoms with Crippen LogP contribution in [0.4, 0.5) is 10.8 Å². The van der Waals surface area contributed by atoms with Crippen LogP contribution >= 0.6 is 11.3 Å². The molecule has 3 atom stereocenters. The molecular formula is C20H22N2O5S. The van der Waals surface area contributed by atoms with Gasteiger partial charge in [-0.3, -0.25) is 9.59 Å². The second kappa shape index (κ2) is 6.77. The van der Waals surface area contributed by atoms with E-state index in [0.29, 0.717) is 23.9 Å². The summed E-state index contributed by atoms with van der Waals surface area (Å²) in [4.78, 5) is 29.4. The van der Waals surface area contributed by atoms with Crippen LogP contribution in [0, 0.1) is 5.41 Å². The van der Waals surface area contributed by atoms with Crippen molar-refractivity contribution < 1.29 is 23.8 Å². The summed E-state index contributed by atoms with van der Waals surface area (Å²) in [6.07, 6.45) is 0.311. The molecule has 3 heterocycles. The van der Waals surface area contributed by atoms with Crippen molar-refractivity contribution in [2.45, 2.75) is 45.3 Å². The second-order valence-electron chi connectivity index (χ2n) is 7.42. The Labute approximate surface area is 167 Å². The molecule has 2 aliphatic heterocycles. The number of ether oxygens (including phenoxy) is 3. The Balaban J connectivity index is 1.51. The summed E-state index contributed by atoms with van der Waals surface area (Å²) in [5, 5.41) is 5.78. The van der Waals surface area contributed by atoms with Crippen molar-refractivity contribution >= 4 is 34.1 Å². The molecule has 1 aromatic carbocycles. The van der Waals surface area contributed by atoms with Gasteiger partial charge < -0.3 is 19.5 Å². The minimum absolute atomic E-state index is 0.244. The summed E-state index contributed by atoms with van der Waals surface area (Å²) in [6, 6.07) is 7.59. The first-order chi connectivity index (χ1) is 13.3. The number of nitrogens with zero attached hydrogens (tertiary/aromatic N) is 1. The molecule has 2 fully saturated rings. The summed E-state index contributed by atoms with van der Waals surface area (Å²) < 4.78 is 16.3. The molecule has 8 heteroatoms. The maximum atomic E-state index is 12.6. The minimum Gasteiger partial charge on any atom is -0.494 e. The number of anilines is 2. The first kappa shape index (κ1) is 18.7. The zero-order chi connectivity index (χ0) is 19.9. The number of cyclic esters (lactones) is 2. The van der Waals surface area contributed by atoms with Crippen LogP contribution in [0.25, 0.3) is 0 Å². The lowest BCUT2D eigenvalue weighted by Gasteiger charge is -2.20. The lowest BCUT2D eigenvalue weighted by atomic mass is 9.78. The minimum atomic E-state index is -1.21. The van der Waals surface area contributed by atoms with E-state index in [1.165, 1.54) is 11.3 Å². The van der Waals surface area contributed by atoms with Crippen molar-refractivity contribution in [3.8, 4) is 5.75 Å². The largest absolute Gasteiger partial charge is 0.494 e. The van der Waals surface area contributed by atoms with Crippen molar-refractivity contribution in [2.75, 3.05) is 11.9 Å². The highest BCUT2D eigenvalue weighted by molar-refractivity contribution is 7.13. The van der Waals surface area contributed by atoms with Gasteiger partial charge in [-0.15, -0.1) is 11.3 Å². The van der Waals surface area contributed by atoms with Gasteiger partial charge in [0.25, 0.3) is 0 Å². The molecule has 0 saturated carbocycles. The van der Waals surface area contributed by atoms with Crippen molar-refractivity contribution in [1.29, 1.82) is 0 Å². The fraction of sp³-hybridized carbons (Fsp3) is 0.450. The summed E-state index contributed by atoms with van der Waals surface area (Å²) in [5.41, 5.74) is -0.651. The van der Waals surface area contributed by atoms with E-state index >= 15 is 0 Å². The lowest BCUT2D eigenvalue weighted by molar-refractivity contribution is -0.160. The standard InChI is InChI=1S/C20H22N2O5S/c1-4-25-14-7-5-13(6-8-14)21-18-22-15(10-28-18)19(3)11-20(17(24)27-19)9-12(2)26-16(20)23/h5-8,10,12H,4,9,11H2,1-3H3,(H,21,22)/t12-,19+,20-/m0/s1. The number of carbonyl (C=O) groups excluding carboxylic acids is 2. The van der Waals surface area contributed by atoms with Crippen molar-refractivity contribution in [3.63, 3.8) is 0 Å². The van der Waals surface area contributed by atoms with E-state index in [-0.39, 0.29) is 12.5 Å². The highest BCUT2D eigenvalue weighted by Gasteiger charge is 2.65. The van der Waals surface area contributed by atoms with Gasteiger partial charge in [0.1, 0.15) is 11.9 Å². The maximum absolute atomic E-state index is 12.6. The predicted molar refractivity (Wildman–Crippen MR) is 104 cm³/mol. The van der Waals surface area contributed by atoms with Gasteiger partial charge in [0.2, 0.25) is 0 Å². The van der Waals surface area contributed by atoms with Crippen LogP contribution in [-0.4, -0.2) is 29.6 Å². The van der Waals surface area contributed by atoms with Crippen molar-refractivity contribution in [2.24, 2.45) is 5.41 Å². The van der Waals surface area contributed by atoms with Crippen LogP contribution in [0.15, 0.2) is 29.6 Å². The number of aromatic nitrogens is 1. The third kappa shape index (κ3) is 3.11. The Morgan fingerprint density at radius 3 is 2.68 bits per heavy atom. The van der Waals surface area contributed by atoms with E-state index in [1.807, 2.05) is 36.6 Å². The molecule has 0 amide bonds. The normalized spacial score (nSPS) is 29.0. The number of hydrogen-bond donors (Lipinski definition) is 1. The Hall–Kier alpha value is -2.61. The zero-order valence-corrected chi connectivity index (χ0v) is 16.8. The molecule has 1 aromatic heterocycles. The van der Waals surface area contributed by atoms with E-state index in [0.717, 1.165) is 11.4 Å². The first-order valence-corrected chi connectivity index (χ1v) is 10.1. The van der Waals surface area contributed by atoms with Gasteiger partial charge in [0, 0.05) is 23.9 Å². The van der Waals surface area contributed by atoms with Gasteiger partial charge in [0.05, 0.1) is 12.3 Å². The Morgan fingerprint density at radius 2 is 2.04 bits per heavy atom. The summed E-state index contributed by atoms with van der Waals surface area (Å²) in [6.45, 7) is 6.15. The topological polar surface area (TPSA) is 86.8 Å². The molecule has 0 bridgehead atoms. The van der Waals surface area contributed by atoms with Crippen LogP contribution in [0.3, 0.4) is 0 Å². The molecule has 0 radical (unpaired) electrons.